The Balaban J connectivity index is 1.47. The smallest absolute Gasteiger partial charge is 0.291 e. The van der Waals surface area contributed by atoms with E-state index in [1.165, 1.54) is 27.1 Å². The maximum Gasteiger partial charge on any atom is 0.291 e. The zero-order valence-corrected chi connectivity index (χ0v) is 18.4. The molecule has 0 radical (unpaired) electrons. The number of pyridine rings is 1. The Morgan fingerprint density at radius 1 is 0.969 bits per heavy atom. The van der Waals surface area contributed by atoms with Gasteiger partial charge >= 0.3 is 0 Å². The van der Waals surface area contributed by atoms with Crippen LogP contribution in [0.25, 0.3) is 0 Å². The van der Waals surface area contributed by atoms with Gasteiger partial charge in [-0.3, -0.25) is 9.59 Å². The van der Waals surface area contributed by atoms with Crippen LogP contribution in [-0.2, 0) is 16.6 Å². The van der Waals surface area contributed by atoms with E-state index < -0.39 is 15.9 Å². The summed E-state index contributed by atoms with van der Waals surface area (Å²) >= 11 is 0. The Labute approximate surface area is 186 Å². The zero-order chi connectivity index (χ0) is 22.6. The third kappa shape index (κ3) is 5.00. The number of anilines is 1. The Bertz CT molecular complexity index is 1250. The lowest BCUT2D eigenvalue weighted by molar-refractivity contribution is 0.0994. The second-order valence-corrected chi connectivity index (χ2v) is 9.67. The molecule has 1 N–H and O–H groups in total. The third-order valence-electron chi connectivity index (χ3n) is 5.41. The molecule has 0 spiro atoms. The number of carbonyl (C=O) groups is 1. The Hall–Kier alpha value is -3.17. The van der Waals surface area contributed by atoms with E-state index >= 15 is 0 Å². The van der Waals surface area contributed by atoms with Gasteiger partial charge in [0.05, 0.1) is 11.4 Å². The number of nitrogens with one attached hydrogen (secondary N) is 1. The van der Waals surface area contributed by atoms with Gasteiger partial charge in [-0.1, -0.05) is 25.0 Å². The molecule has 1 aromatic carbocycles. The number of nitrogens with zero attached hydrogens (tertiary/aromatic N) is 2. The number of carbonyl (C=O) groups excluding carboxylic acids is 1. The first-order valence-electron chi connectivity index (χ1n) is 10.6. The van der Waals surface area contributed by atoms with Gasteiger partial charge in [0.1, 0.15) is 5.76 Å². The molecule has 9 heteroatoms. The number of sulfonamides is 1. The zero-order valence-electron chi connectivity index (χ0n) is 17.6. The van der Waals surface area contributed by atoms with Crippen LogP contribution < -0.4 is 10.9 Å². The fourth-order valence-corrected chi connectivity index (χ4v) is 5.27. The van der Waals surface area contributed by atoms with Crippen LogP contribution >= 0.6 is 0 Å². The van der Waals surface area contributed by atoms with E-state index in [9.17, 15) is 18.0 Å². The summed E-state index contributed by atoms with van der Waals surface area (Å²) in [7, 11) is -3.62. The highest BCUT2D eigenvalue weighted by atomic mass is 32.2. The molecule has 1 amide bonds. The van der Waals surface area contributed by atoms with Crippen molar-refractivity contribution in [2.24, 2.45) is 0 Å². The van der Waals surface area contributed by atoms with Crippen LogP contribution in [0.1, 0.15) is 42.0 Å². The van der Waals surface area contributed by atoms with Crippen LogP contribution in [0.4, 0.5) is 5.69 Å². The van der Waals surface area contributed by atoms with E-state index in [4.69, 9.17) is 4.42 Å². The molecule has 3 heterocycles. The summed E-state index contributed by atoms with van der Waals surface area (Å²) in [5.41, 5.74) is 0.195. The first-order valence-corrected chi connectivity index (χ1v) is 12.0. The van der Waals surface area contributed by atoms with Crippen LogP contribution in [0.3, 0.4) is 0 Å². The van der Waals surface area contributed by atoms with Gasteiger partial charge in [0.15, 0.2) is 5.76 Å². The highest BCUT2D eigenvalue weighted by molar-refractivity contribution is 7.89. The average molecular weight is 456 g/mol. The van der Waals surface area contributed by atoms with Crippen molar-refractivity contribution in [1.29, 1.82) is 0 Å². The van der Waals surface area contributed by atoms with Crippen LogP contribution in [-0.4, -0.2) is 36.3 Å². The molecule has 0 aliphatic carbocycles. The maximum atomic E-state index is 13.0. The fourth-order valence-electron chi connectivity index (χ4n) is 3.70. The maximum absolute atomic E-state index is 13.0. The topological polar surface area (TPSA) is 102 Å². The van der Waals surface area contributed by atoms with Gasteiger partial charge in [-0.25, -0.2) is 8.42 Å². The van der Waals surface area contributed by atoms with Gasteiger partial charge in [0.2, 0.25) is 10.0 Å². The molecule has 2 aromatic heterocycles. The molecule has 1 fully saturated rings. The van der Waals surface area contributed by atoms with E-state index in [1.807, 2.05) is 0 Å². The summed E-state index contributed by atoms with van der Waals surface area (Å²) < 4.78 is 34.6. The van der Waals surface area contributed by atoms with Crippen molar-refractivity contribution in [2.75, 3.05) is 18.4 Å². The lowest BCUT2D eigenvalue weighted by Crippen LogP contribution is -2.32. The predicted octanol–water partition coefficient (Wildman–Crippen LogP) is 3.31. The molecule has 0 saturated carbocycles. The molecule has 0 atom stereocenters. The minimum Gasteiger partial charge on any atom is -0.454 e. The summed E-state index contributed by atoms with van der Waals surface area (Å²) in [5, 5.41) is 2.69. The first kappa shape index (κ1) is 22.0. The van der Waals surface area contributed by atoms with Crippen molar-refractivity contribution >= 4 is 21.6 Å². The van der Waals surface area contributed by atoms with Crippen molar-refractivity contribution in [3.63, 3.8) is 0 Å². The molecule has 0 unspecified atom stereocenters. The number of amides is 1. The molecule has 0 bridgehead atoms. The lowest BCUT2D eigenvalue weighted by Gasteiger charge is -2.20. The van der Waals surface area contributed by atoms with Crippen molar-refractivity contribution in [3.05, 3.63) is 82.7 Å². The monoisotopic (exact) mass is 455 g/mol. The first-order chi connectivity index (χ1) is 15.4. The van der Waals surface area contributed by atoms with Gasteiger partial charge < -0.3 is 14.3 Å². The highest BCUT2D eigenvalue weighted by Crippen LogP contribution is 2.23. The van der Waals surface area contributed by atoms with Crippen LogP contribution in [0.2, 0.25) is 0 Å². The van der Waals surface area contributed by atoms with Crippen molar-refractivity contribution in [3.8, 4) is 0 Å². The van der Waals surface area contributed by atoms with E-state index in [0.29, 0.717) is 24.5 Å². The fraction of sp³-hybridized carbons (Fsp3) is 0.304. The van der Waals surface area contributed by atoms with Gasteiger partial charge in [0, 0.05) is 31.0 Å². The SMILES string of the molecule is O=C(Nc1cccc(S(=O)(=O)N2CCCCCC2)c1)c1ccc(Cn2ccccc2=O)o1. The van der Waals surface area contributed by atoms with Gasteiger partial charge in [-0.05, 0) is 49.2 Å². The Morgan fingerprint density at radius 2 is 1.75 bits per heavy atom. The Morgan fingerprint density at radius 3 is 2.50 bits per heavy atom. The van der Waals surface area contributed by atoms with Gasteiger partial charge in [0.25, 0.3) is 11.5 Å². The average Bonchev–Trinajstić information content (AvgIpc) is 3.07. The number of benzene rings is 1. The molecule has 1 saturated heterocycles. The number of hydrogen-bond acceptors (Lipinski definition) is 5. The van der Waals surface area contributed by atoms with E-state index in [2.05, 4.69) is 5.32 Å². The molecule has 32 heavy (non-hydrogen) atoms. The molecule has 1 aliphatic heterocycles. The number of rotatable bonds is 6. The number of aromatic nitrogens is 1. The second kappa shape index (κ2) is 9.54. The summed E-state index contributed by atoms with van der Waals surface area (Å²) in [6.45, 7) is 1.23. The largest absolute Gasteiger partial charge is 0.454 e. The summed E-state index contributed by atoms with van der Waals surface area (Å²) in [4.78, 5) is 24.6. The quantitative estimate of drug-likeness (QED) is 0.615. The van der Waals surface area contributed by atoms with Crippen LogP contribution in [0.5, 0.6) is 0 Å². The van der Waals surface area contributed by atoms with Gasteiger partial charge in [-0.2, -0.15) is 4.31 Å². The lowest BCUT2D eigenvalue weighted by atomic mass is 10.2. The number of hydrogen-bond donors (Lipinski definition) is 1. The molecule has 168 valence electrons. The minimum absolute atomic E-state index is 0.0739. The van der Waals surface area contributed by atoms with Crippen molar-refractivity contribution < 1.29 is 17.6 Å². The van der Waals surface area contributed by atoms with Gasteiger partial charge in [-0.15, -0.1) is 0 Å². The van der Waals surface area contributed by atoms with Crippen LogP contribution in [0.15, 0.2) is 74.9 Å². The van der Waals surface area contributed by atoms with Crippen molar-refractivity contribution in [2.45, 2.75) is 37.1 Å². The molecular formula is C23H25N3O5S. The molecule has 1 aliphatic rings. The molecule has 8 nitrogen and oxygen atoms in total. The molecule has 4 rings (SSSR count). The van der Waals surface area contributed by atoms with Crippen molar-refractivity contribution in [1.82, 2.24) is 8.87 Å². The minimum atomic E-state index is -3.62. The second-order valence-electron chi connectivity index (χ2n) is 7.73. The highest BCUT2D eigenvalue weighted by Gasteiger charge is 2.25. The number of furan rings is 1. The van der Waals surface area contributed by atoms with E-state index in [0.717, 1.165) is 25.7 Å². The summed E-state index contributed by atoms with van der Waals surface area (Å²) in [6, 6.07) is 14.2. The normalized spacial score (nSPS) is 15.2. The summed E-state index contributed by atoms with van der Waals surface area (Å²) in [6.07, 6.45) is 5.41. The van der Waals surface area contributed by atoms with E-state index in [1.54, 1.807) is 42.6 Å². The van der Waals surface area contributed by atoms with E-state index in [-0.39, 0.29) is 22.8 Å². The molecule has 3 aromatic rings. The van der Waals surface area contributed by atoms with Crippen LogP contribution in [0, 0.1) is 0 Å². The standard InChI is InChI=1S/C23H25N3O5S/c27-22-10-3-6-13-25(22)17-19-11-12-21(31-19)23(28)24-18-8-7-9-20(16-18)32(29,30)26-14-4-1-2-5-15-26/h3,6-13,16H,1-2,4-5,14-15,17H2,(H,24,28). The Kier molecular flexibility index (Phi) is 6.57. The summed E-state index contributed by atoms with van der Waals surface area (Å²) in [5.74, 6) is 0.0340. The predicted molar refractivity (Wildman–Crippen MR) is 120 cm³/mol. The molecular weight excluding hydrogens is 430 g/mol. The third-order valence-corrected chi connectivity index (χ3v) is 7.30.